The molecule has 1 aromatic carbocycles. The number of rotatable bonds is 3. The minimum atomic E-state index is 0.120. The lowest BCUT2D eigenvalue weighted by atomic mass is 9.87. The smallest absolute Gasteiger partial charge is 0.120 e. The maximum Gasteiger partial charge on any atom is 0.120 e. The summed E-state index contributed by atoms with van der Waals surface area (Å²) in [5.41, 5.74) is 1.37. The molecular weight excluding hydrogens is 274 g/mol. The van der Waals surface area contributed by atoms with Crippen LogP contribution in [0, 0.1) is 5.41 Å². The fraction of sp³-hybridized carbons (Fsp3) is 0.500. The van der Waals surface area contributed by atoms with Gasteiger partial charge in [-0.25, -0.2) is 4.98 Å². The van der Waals surface area contributed by atoms with Crippen LogP contribution in [0.1, 0.15) is 38.3 Å². The summed E-state index contributed by atoms with van der Waals surface area (Å²) < 4.78 is 6.41. The lowest BCUT2D eigenvalue weighted by molar-refractivity contribution is -0.131. The molecule has 4 nitrogen and oxygen atoms in total. The van der Waals surface area contributed by atoms with Crippen LogP contribution in [0.15, 0.2) is 42.7 Å². The fourth-order valence-electron chi connectivity index (χ4n) is 2.88. The molecule has 1 N–H and O–H groups in total. The molecule has 0 unspecified atom stereocenters. The van der Waals surface area contributed by atoms with Gasteiger partial charge in [-0.05, 0) is 11.0 Å². The molecular formula is C18H25N3O. The number of nitrogens with zero attached hydrogens (tertiary/aromatic N) is 2. The third-order valence-electron chi connectivity index (χ3n) is 4.24. The van der Waals surface area contributed by atoms with Crippen molar-refractivity contribution in [2.75, 3.05) is 13.1 Å². The minimum absolute atomic E-state index is 0.120. The summed E-state index contributed by atoms with van der Waals surface area (Å²) in [5.74, 6) is 1.02. The topological polar surface area (TPSA) is 41.2 Å². The van der Waals surface area contributed by atoms with Gasteiger partial charge in [0.25, 0.3) is 0 Å². The number of aromatic nitrogens is 2. The lowest BCUT2D eigenvalue weighted by Crippen LogP contribution is -2.48. The molecule has 0 amide bonds. The third kappa shape index (κ3) is 3.57. The zero-order chi connectivity index (χ0) is 15.6. The van der Waals surface area contributed by atoms with Crippen LogP contribution < -0.4 is 0 Å². The number of nitrogens with one attached hydrogen (secondary N) is 1. The number of hydrogen-bond donors (Lipinski definition) is 1. The molecule has 0 bridgehead atoms. The number of hydrogen-bond acceptors (Lipinski definition) is 3. The highest BCUT2D eigenvalue weighted by molar-refractivity contribution is 5.18. The highest BCUT2D eigenvalue weighted by Crippen LogP contribution is 2.33. The average Bonchev–Trinajstić information content (AvgIpc) is 3.00. The Morgan fingerprint density at radius 3 is 2.64 bits per heavy atom. The molecule has 1 aliphatic heterocycles. The summed E-state index contributed by atoms with van der Waals surface area (Å²) in [6.45, 7) is 9.42. The summed E-state index contributed by atoms with van der Waals surface area (Å²) in [5, 5.41) is 0. The standard InChI is InChI=1S/C18H25N3O/c1-18(2,3)16-12-21(13-17-19-9-10-20-17)11-15(22-16)14-7-5-4-6-8-14/h4-10,15-16H,11-13H2,1-3H3,(H,19,20)/t15-,16+/m0/s1. The van der Waals surface area contributed by atoms with Gasteiger partial charge < -0.3 is 9.72 Å². The van der Waals surface area contributed by atoms with Gasteiger partial charge in [-0.2, -0.15) is 0 Å². The maximum atomic E-state index is 6.41. The van der Waals surface area contributed by atoms with Gasteiger partial charge in [-0.1, -0.05) is 51.1 Å². The SMILES string of the molecule is CC(C)(C)[C@H]1CN(Cc2ncc[nH]2)C[C@@H](c2ccccc2)O1. The van der Waals surface area contributed by atoms with Crippen molar-refractivity contribution in [2.24, 2.45) is 5.41 Å². The highest BCUT2D eigenvalue weighted by atomic mass is 16.5. The van der Waals surface area contributed by atoms with Crippen molar-refractivity contribution in [3.63, 3.8) is 0 Å². The van der Waals surface area contributed by atoms with Crippen LogP contribution >= 0.6 is 0 Å². The van der Waals surface area contributed by atoms with Crippen LogP contribution in [0.4, 0.5) is 0 Å². The van der Waals surface area contributed by atoms with Gasteiger partial charge in [0.1, 0.15) is 5.82 Å². The predicted octanol–water partition coefficient (Wildman–Crippen LogP) is 3.40. The first-order valence-electron chi connectivity index (χ1n) is 7.93. The second-order valence-corrected chi connectivity index (χ2v) is 7.12. The lowest BCUT2D eigenvalue weighted by Gasteiger charge is -2.43. The first-order chi connectivity index (χ1) is 10.5. The van der Waals surface area contributed by atoms with Crippen LogP contribution in [-0.2, 0) is 11.3 Å². The average molecular weight is 299 g/mol. The zero-order valence-electron chi connectivity index (χ0n) is 13.6. The first-order valence-corrected chi connectivity index (χ1v) is 7.93. The van der Waals surface area contributed by atoms with Crippen LogP contribution in [0.5, 0.6) is 0 Å². The van der Waals surface area contributed by atoms with Crippen LogP contribution in [0.25, 0.3) is 0 Å². The predicted molar refractivity (Wildman–Crippen MR) is 87.4 cm³/mol. The number of imidazole rings is 1. The van der Waals surface area contributed by atoms with Crippen molar-refractivity contribution in [1.82, 2.24) is 14.9 Å². The number of ether oxygens (including phenoxy) is 1. The Labute approximate surface area is 132 Å². The monoisotopic (exact) mass is 299 g/mol. The van der Waals surface area contributed by atoms with E-state index in [2.05, 4.69) is 59.9 Å². The second kappa shape index (κ2) is 6.23. The summed E-state index contributed by atoms with van der Waals surface area (Å²) in [4.78, 5) is 10.00. The number of aromatic amines is 1. The van der Waals surface area contributed by atoms with Gasteiger partial charge >= 0.3 is 0 Å². The largest absolute Gasteiger partial charge is 0.367 e. The van der Waals surface area contributed by atoms with Crippen LogP contribution in [0.3, 0.4) is 0 Å². The van der Waals surface area contributed by atoms with Gasteiger partial charge in [0, 0.05) is 25.5 Å². The molecule has 1 aromatic heterocycles. The Morgan fingerprint density at radius 1 is 1.23 bits per heavy atom. The molecule has 4 heteroatoms. The van der Waals surface area contributed by atoms with Gasteiger partial charge in [-0.3, -0.25) is 4.90 Å². The molecule has 2 aromatic rings. The molecule has 1 aliphatic rings. The van der Waals surface area contributed by atoms with Gasteiger partial charge in [0.2, 0.25) is 0 Å². The molecule has 22 heavy (non-hydrogen) atoms. The molecule has 0 radical (unpaired) electrons. The van der Waals surface area contributed by atoms with E-state index >= 15 is 0 Å². The van der Waals surface area contributed by atoms with E-state index in [1.807, 2.05) is 18.5 Å². The molecule has 0 saturated carbocycles. The summed E-state index contributed by atoms with van der Waals surface area (Å²) >= 11 is 0. The first kappa shape index (κ1) is 15.3. The summed E-state index contributed by atoms with van der Waals surface area (Å²) in [6, 6.07) is 10.5. The van der Waals surface area contributed by atoms with E-state index in [0.29, 0.717) is 0 Å². The summed E-state index contributed by atoms with van der Waals surface area (Å²) in [6.07, 6.45) is 4.02. The molecule has 3 rings (SSSR count). The summed E-state index contributed by atoms with van der Waals surface area (Å²) in [7, 11) is 0. The maximum absolute atomic E-state index is 6.41. The molecule has 118 valence electrons. The van der Waals surface area contributed by atoms with Crippen molar-refractivity contribution >= 4 is 0 Å². The Hall–Kier alpha value is -1.65. The third-order valence-corrected chi connectivity index (χ3v) is 4.24. The van der Waals surface area contributed by atoms with Crippen molar-refractivity contribution in [1.29, 1.82) is 0 Å². The van der Waals surface area contributed by atoms with E-state index < -0.39 is 0 Å². The van der Waals surface area contributed by atoms with Crippen molar-refractivity contribution in [3.8, 4) is 0 Å². The van der Waals surface area contributed by atoms with E-state index in [1.54, 1.807) is 0 Å². The fourth-order valence-corrected chi connectivity index (χ4v) is 2.88. The number of H-pyrrole nitrogens is 1. The molecule has 0 aliphatic carbocycles. The molecule has 2 atom stereocenters. The minimum Gasteiger partial charge on any atom is -0.367 e. The normalized spacial score (nSPS) is 23.6. The Morgan fingerprint density at radius 2 is 2.00 bits per heavy atom. The van der Waals surface area contributed by atoms with E-state index in [9.17, 15) is 0 Å². The van der Waals surface area contributed by atoms with Gasteiger partial charge in [-0.15, -0.1) is 0 Å². The quantitative estimate of drug-likeness (QED) is 0.944. The molecule has 0 spiro atoms. The molecule has 1 fully saturated rings. The van der Waals surface area contributed by atoms with E-state index in [4.69, 9.17) is 4.74 Å². The number of morpholine rings is 1. The Bertz CT molecular complexity index is 574. The van der Waals surface area contributed by atoms with Crippen molar-refractivity contribution in [2.45, 2.75) is 39.5 Å². The Kier molecular flexibility index (Phi) is 4.32. The van der Waals surface area contributed by atoms with Crippen LogP contribution in [-0.4, -0.2) is 34.1 Å². The Balaban J connectivity index is 1.79. The van der Waals surface area contributed by atoms with Crippen molar-refractivity contribution in [3.05, 3.63) is 54.1 Å². The van der Waals surface area contributed by atoms with Gasteiger partial charge in [0.05, 0.1) is 18.8 Å². The van der Waals surface area contributed by atoms with E-state index in [-0.39, 0.29) is 17.6 Å². The highest BCUT2D eigenvalue weighted by Gasteiger charge is 2.35. The van der Waals surface area contributed by atoms with E-state index in [0.717, 1.165) is 25.5 Å². The zero-order valence-corrected chi connectivity index (χ0v) is 13.6. The van der Waals surface area contributed by atoms with E-state index in [1.165, 1.54) is 5.56 Å². The van der Waals surface area contributed by atoms with Crippen molar-refractivity contribution < 1.29 is 4.74 Å². The molecule has 2 heterocycles. The molecule has 1 saturated heterocycles. The van der Waals surface area contributed by atoms with Gasteiger partial charge in [0.15, 0.2) is 0 Å². The second-order valence-electron chi connectivity index (χ2n) is 7.12. The number of benzene rings is 1. The van der Waals surface area contributed by atoms with Crippen LogP contribution in [0.2, 0.25) is 0 Å².